The van der Waals surface area contributed by atoms with Gasteiger partial charge < -0.3 is 15.5 Å². The maximum absolute atomic E-state index is 12.7. The molecule has 3 aromatic rings. The average molecular weight is 351 g/mol. The highest BCUT2D eigenvalue weighted by Gasteiger charge is 2.21. The van der Waals surface area contributed by atoms with Crippen LogP contribution in [0.5, 0.6) is 0 Å². The summed E-state index contributed by atoms with van der Waals surface area (Å²) in [6.45, 7) is 5.27. The highest BCUT2D eigenvalue weighted by molar-refractivity contribution is 6.06. The number of fused-ring (bicyclic) bond motifs is 1. The van der Waals surface area contributed by atoms with Crippen molar-refractivity contribution >= 4 is 28.4 Å². The fourth-order valence-electron chi connectivity index (χ4n) is 2.77. The molecule has 0 unspecified atom stereocenters. The number of ether oxygens (including phenoxy) is 1. The van der Waals surface area contributed by atoms with Crippen molar-refractivity contribution in [3.8, 4) is 11.1 Å². The molecule has 0 atom stereocenters. The lowest BCUT2D eigenvalue weighted by molar-refractivity contribution is 0.0636. The first-order chi connectivity index (χ1) is 12.3. The Balaban J connectivity index is 2.24. The summed E-state index contributed by atoms with van der Waals surface area (Å²) in [5.41, 5.74) is 7.54. The van der Waals surface area contributed by atoms with Crippen LogP contribution in [0.25, 0.3) is 22.0 Å². The maximum Gasteiger partial charge on any atom is 0.412 e. The standard InChI is InChI=1S/C20H21N3O3/c1-20(2,3)26-19(25)23-17-16(12-8-4-6-10-14(12)21)13-9-5-7-11-15(13)22-18(17)24/h4-11H,21H2,1-3H3,(H,22,24)(H,23,25). The molecule has 6 heteroatoms. The Labute approximate surface area is 151 Å². The first kappa shape index (κ1) is 17.5. The fraction of sp³-hybridized carbons (Fsp3) is 0.200. The van der Waals surface area contributed by atoms with Gasteiger partial charge in [-0.3, -0.25) is 10.1 Å². The molecule has 0 radical (unpaired) electrons. The van der Waals surface area contributed by atoms with Gasteiger partial charge in [-0.15, -0.1) is 0 Å². The predicted octanol–water partition coefficient (Wildman–Crippen LogP) is 4.12. The number of anilines is 2. The van der Waals surface area contributed by atoms with Crippen LogP contribution >= 0.6 is 0 Å². The van der Waals surface area contributed by atoms with Crippen molar-refractivity contribution in [2.24, 2.45) is 0 Å². The fourth-order valence-corrected chi connectivity index (χ4v) is 2.77. The van der Waals surface area contributed by atoms with Crippen molar-refractivity contribution in [3.63, 3.8) is 0 Å². The zero-order valence-electron chi connectivity index (χ0n) is 14.9. The number of nitrogen functional groups attached to an aromatic ring is 1. The number of H-pyrrole nitrogens is 1. The number of para-hydroxylation sites is 2. The molecule has 26 heavy (non-hydrogen) atoms. The Kier molecular flexibility index (Phi) is 4.42. The number of hydrogen-bond acceptors (Lipinski definition) is 4. The summed E-state index contributed by atoms with van der Waals surface area (Å²) in [6.07, 6.45) is -0.700. The molecule has 0 aliphatic rings. The number of carbonyl (C=O) groups excluding carboxylic acids is 1. The van der Waals surface area contributed by atoms with Crippen LogP contribution in [0.4, 0.5) is 16.2 Å². The van der Waals surface area contributed by atoms with Gasteiger partial charge in [0.2, 0.25) is 0 Å². The van der Waals surface area contributed by atoms with E-state index in [9.17, 15) is 9.59 Å². The molecule has 4 N–H and O–H groups in total. The van der Waals surface area contributed by atoms with E-state index in [4.69, 9.17) is 10.5 Å². The minimum Gasteiger partial charge on any atom is -0.444 e. The molecule has 0 saturated heterocycles. The van der Waals surface area contributed by atoms with Crippen molar-refractivity contribution in [2.75, 3.05) is 11.1 Å². The van der Waals surface area contributed by atoms with E-state index in [1.165, 1.54) is 0 Å². The van der Waals surface area contributed by atoms with Crippen molar-refractivity contribution < 1.29 is 9.53 Å². The number of pyridine rings is 1. The number of nitrogens with two attached hydrogens (primary N) is 1. The third-order valence-electron chi connectivity index (χ3n) is 3.78. The second kappa shape index (κ2) is 6.55. The van der Waals surface area contributed by atoms with E-state index in [-0.39, 0.29) is 5.69 Å². The maximum atomic E-state index is 12.7. The zero-order chi connectivity index (χ0) is 18.9. The van der Waals surface area contributed by atoms with E-state index in [2.05, 4.69) is 10.3 Å². The van der Waals surface area contributed by atoms with Crippen LogP contribution in [0, 0.1) is 0 Å². The number of aromatic nitrogens is 1. The lowest BCUT2D eigenvalue weighted by atomic mass is 9.98. The monoisotopic (exact) mass is 351 g/mol. The van der Waals surface area contributed by atoms with Gasteiger partial charge >= 0.3 is 6.09 Å². The summed E-state index contributed by atoms with van der Waals surface area (Å²) >= 11 is 0. The summed E-state index contributed by atoms with van der Waals surface area (Å²) in [4.78, 5) is 27.7. The van der Waals surface area contributed by atoms with E-state index in [1.807, 2.05) is 36.4 Å². The van der Waals surface area contributed by atoms with Gasteiger partial charge in [-0.2, -0.15) is 0 Å². The average Bonchev–Trinajstić information content (AvgIpc) is 2.55. The second-order valence-electron chi connectivity index (χ2n) is 6.96. The van der Waals surface area contributed by atoms with E-state index in [0.717, 1.165) is 5.39 Å². The summed E-state index contributed by atoms with van der Waals surface area (Å²) in [5, 5.41) is 3.37. The molecule has 1 aromatic heterocycles. The molecule has 134 valence electrons. The van der Waals surface area contributed by atoms with Gasteiger partial charge in [0.15, 0.2) is 0 Å². The van der Waals surface area contributed by atoms with Crippen LogP contribution in [-0.2, 0) is 4.74 Å². The van der Waals surface area contributed by atoms with Crippen LogP contribution in [0.15, 0.2) is 53.3 Å². The largest absolute Gasteiger partial charge is 0.444 e. The van der Waals surface area contributed by atoms with Gasteiger partial charge in [-0.05, 0) is 32.9 Å². The van der Waals surface area contributed by atoms with Gasteiger partial charge in [0, 0.05) is 27.7 Å². The van der Waals surface area contributed by atoms with Crippen LogP contribution in [0.3, 0.4) is 0 Å². The summed E-state index contributed by atoms with van der Waals surface area (Å²) in [5.74, 6) is 0. The zero-order valence-corrected chi connectivity index (χ0v) is 14.9. The molecule has 0 spiro atoms. The minimum absolute atomic E-state index is 0.107. The number of carbonyl (C=O) groups is 1. The lowest BCUT2D eigenvalue weighted by Crippen LogP contribution is -2.29. The molecular formula is C20H21N3O3. The normalized spacial score (nSPS) is 11.3. The molecule has 1 heterocycles. The number of aromatic amines is 1. The smallest absolute Gasteiger partial charge is 0.412 e. The summed E-state index contributed by atoms with van der Waals surface area (Å²) in [6, 6.07) is 14.6. The molecule has 1 amide bonds. The van der Waals surface area contributed by atoms with E-state index >= 15 is 0 Å². The number of hydrogen-bond donors (Lipinski definition) is 3. The van der Waals surface area contributed by atoms with Gasteiger partial charge in [-0.1, -0.05) is 36.4 Å². The molecule has 3 rings (SSSR count). The van der Waals surface area contributed by atoms with Crippen LogP contribution < -0.4 is 16.6 Å². The Morgan fingerprint density at radius 2 is 1.73 bits per heavy atom. The van der Waals surface area contributed by atoms with E-state index < -0.39 is 17.3 Å². The van der Waals surface area contributed by atoms with Gasteiger partial charge in [0.25, 0.3) is 5.56 Å². The van der Waals surface area contributed by atoms with Gasteiger partial charge in [0.05, 0.1) is 0 Å². The highest BCUT2D eigenvalue weighted by atomic mass is 16.6. The van der Waals surface area contributed by atoms with E-state index in [0.29, 0.717) is 22.3 Å². The predicted molar refractivity (Wildman–Crippen MR) is 104 cm³/mol. The quantitative estimate of drug-likeness (QED) is 0.605. The van der Waals surface area contributed by atoms with Gasteiger partial charge in [0.1, 0.15) is 11.3 Å². The van der Waals surface area contributed by atoms with Crippen LogP contribution in [0.1, 0.15) is 20.8 Å². The molecule has 2 aromatic carbocycles. The molecule has 0 aliphatic heterocycles. The topological polar surface area (TPSA) is 97.2 Å². The molecule has 0 fully saturated rings. The van der Waals surface area contributed by atoms with Gasteiger partial charge in [-0.25, -0.2) is 4.79 Å². The van der Waals surface area contributed by atoms with E-state index in [1.54, 1.807) is 32.9 Å². The highest BCUT2D eigenvalue weighted by Crippen LogP contribution is 2.35. The third kappa shape index (κ3) is 3.54. The molecule has 0 aliphatic carbocycles. The number of amides is 1. The Hall–Kier alpha value is -3.28. The first-order valence-electron chi connectivity index (χ1n) is 8.26. The number of nitrogens with one attached hydrogen (secondary N) is 2. The Morgan fingerprint density at radius 3 is 2.42 bits per heavy atom. The minimum atomic E-state index is -0.700. The lowest BCUT2D eigenvalue weighted by Gasteiger charge is -2.21. The van der Waals surface area contributed by atoms with Crippen LogP contribution in [-0.4, -0.2) is 16.7 Å². The van der Waals surface area contributed by atoms with Crippen molar-refractivity contribution in [1.82, 2.24) is 4.98 Å². The number of rotatable bonds is 2. The van der Waals surface area contributed by atoms with Crippen molar-refractivity contribution in [2.45, 2.75) is 26.4 Å². The Bertz CT molecular complexity index is 1030. The van der Waals surface area contributed by atoms with Crippen molar-refractivity contribution in [3.05, 3.63) is 58.9 Å². The van der Waals surface area contributed by atoms with Crippen molar-refractivity contribution in [1.29, 1.82) is 0 Å². The molecular weight excluding hydrogens is 330 g/mol. The summed E-state index contributed by atoms with van der Waals surface area (Å²) < 4.78 is 5.30. The van der Waals surface area contributed by atoms with Crippen LogP contribution in [0.2, 0.25) is 0 Å². The third-order valence-corrected chi connectivity index (χ3v) is 3.78. The first-order valence-corrected chi connectivity index (χ1v) is 8.26. The second-order valence-corrected chi connectivity index (χ2v) is 6.96. The Morgan fingerprint density at radius 1 is 1.08 bits per heavy atom. The summed E-state index contributed by atoms with van der Waals surface area (Å²) in [7, 11) is 0. The molecule has 0 bridgehead atoms. The molecule has 0 saturated carbocycles. The number of benzene rings is 2. The SMILES string of the molecule is CC(C)(C)OC(=O)Nc1c(-c2ccccc2N)c2ccccc2[nH]c1=O. The molecule has 6 nitrogen and oxygen atoms in total.